The lowest BCUT2D eigenvalue weighted by atomic mass is 10.0. The van der Waals surface area contributed by atoms with E-state index in [9.17, 15) is 5.11 Å². The molecule has 1 atom stereocenters. The summed E-state index contributed by atoms with van der Waals surface area (Å²) in [5.41, 5.74) is 4.02. The molecule has 1 heterocycles. The third-order valence-corrected chi connectivity index (χ3v) is 3.67. The quantitative estimate of drug-likeness (QED) is 0.745. The molecule has 0 aliphatic carbocycles. The van der Waals surface area contributed by atoms with Crippen molar-refractivity contribution in [3.8, 4) is 5.75 Å². The first-order valence-electron chi connectivity index (χ1n) is 7.05. The molecule has 0 spiro atoms. The maximum atomic E-state index is 10.0. The fraction of sp³-hybridized carbons (Fsp3) is 0.167. The van der Waals surface area contributed by atoms with E-state index in [2.05, 4.69) is 10.3 Å². The van der Waals surface area contributed by atoms with Gasteiger partial charge in [-0.3, -0.25) is 4.98 Å². The third kappa shape index (κ3) is 2.68. The van der Waals surface area contributed by atoms with Crippen molar-refractivity contribution in [2.75, 3.05) is 5.32 Å². The van der Waals surface area contributed by atoms with E-state index in [1.165, 1.54) is 0 Å². The van der Waals surface area contributed by atoms with E-state index in [1.807, 2.05) is 56.3 Å². The molecule has 0 saturated carbocycles. The first-order valence-corrected chi connectivity index (χ1v) is 7.05. The van der Waals surface area contributed by atoms with Gasteiger partial charge in [0.15, 0.2) is 0 Å². The summed E-state index contributed by atoms with van der Waals surface area (Å²) in [5, 5.41) is 14.6. The van der Waals surface area contributed by atoms with Crippen molar-refractivity contribution in [2.45, 2.75) is 19.9 Å². The number of aromatic hydroxyl groups is 1. The van der Waals surface area contributed by atoms with Crippen LogP contribution in [0.15, 0.2) is 54.7 Å². The SMILES string of the molecule is Cc1ccc(O)c(C(C)Nc2cccc3ncccc23)c1. The van der Waals surface area contributed by atoms with Crippen molar-refractivity contribution >= 4 is 16.6 Å². The molecule has 0 aliphatic heterocycles. The van der Waals surface area contributed by atoms with Gasteiger partial charge in [-0.1, -0.05) is 23.8 Å². The molecule has 106 valence electrons. The summed E-state index contributed by atoms with van der Waals surface area (Å²) in [6.07, 6.45) is 1.79. The maximum Gasteiger partial charge on any atom is 0.120 e. The van der Waals surface area contributed by atoms with E-state index >= 15 is 0 Å². The largest absolute Gasteiger partial charge is 0.508 e. The van der Waals surface area contributed by atoms with Crippen LogP contribution < -0.4 is 5.32 Å². The molecule has 1 unspecified atom stereocenters. The van der Waals surface area contributed by atoms with Crippen molar-refractivity contribution in [1.82, 2.24) is 4.98 Å². The van der Waals surface area contributed by atoms with Crippen LogP contribution in [0.4, 0.5) is 5.69 Å². The fourth-order valence-corrected chi connectivity index (χ4v) is 2.56. The van der Waals surface area contributed by atoms with Crippen LogP contribution >= 0.6 is 0 Å². The minimum absolute atomic E-state index is 0.00991. The molecule has 3 aromatic rings. The molecule has 3 heteroatoms. The Hall–Kier alpha value is -2.55. The maximum absolute atomic E-state index is 10.0. The summed E-state index contributed by atoms with van der Waals surface area (Å²) in [5.74, 6) is 0.318. The Morgan fingerprint density at radius 2 is 1.95 bits per heavy atom. The summed E-state index contributed by atoms with van der Waals surface area (Å²) < 4.78 is 0. The lowest BCUT2D eigenvalue weighted by molar-refractivity contribution is 0.465. The Kier molecular flexibility index (Phi) is 3.48. The smallest absolute Gasteiger partial charge is 0.120 e. The molecule has 0 amide bonds. The second kappa shape index (κ2) is 5.44. The molecule has 3 rings (SSSR count). The van der Waals surface area contributed by atoms with Crippen LogP contribution in [0.25, 0.3) is 10.9 Å². The molecule has 2 aromatic carbocycles. The molecular weight excluding hydrogens is 260 g/mol. The first-order chi connectivity index (χ1) is 10.1. The number of hydrogen-bond acceptors (Lipinski definition) is 3. The predicted octanol–water partition coefficient (Wildman–Crippen LogP) is 4.42. The van der Waals surface area contributed by atoms with Crippen molar-refractivity contribution in [2.24, 2.45) is 0 Å². The lowest BCUT2D eigenvalue weighted by Crippen LogP contribution is -2.07. The molecular formula is C18H18N2O. The molecule has 0 radical (unpaired) electrons. The van der Waals surface area contributed by atoms with Gasteiger partial charge in [0.2, 0.25) is 0 Å². The van der Waals surface area contributed by atoms with Gasteiger partial charge in [0, 0.05) is 22.8 Å². The molecule has 1 aromatic heterocycles. The Morgan fingerprint density at radius 3 is 2.81 bits per heavy atom. The zero-order valence-electron chi connectivity index (χ0n) is 12.2. The van der Waals surface area contributed by atoms with Crippen LogP contribution in [-0.4, -0.2) is 10.1 Å². The summed E-state index contributed by atoms with van der Waals surface area (Å²) in [7, 11) is 0. The summed E-state index contributed by atoms with van der Waals surface area (Å²) in [4.78, 5) is 4.36. The highest BCUT2D eigenvalue weighted by molar-refractivity contribution is 5.91. The number of hydrogen-bond donors (Lipinski definition) is 2. The number of nitrogens with one attached hydrogen (secondary N) is 1. The van der Waals surface area contributed by atoms with E-state index in [-0.39, 0.29) is 6.04 Å². The van der Waals surface area contributed by atoms with Gasteiger partial charge in [0.1, 0.15) is 5.75 Å². The predicted molar refractivity (Wildman–Crippen MR) is 86.6 cm³/mol. The number of aromatic nitrogens is 1. The third-order valence-electron chi connectivity index (χ3n) is 3.67. The number of phenolic OH excluding ortho intramolecular Hbond substituents is 1. The van der Waals surface area contributed by atoms with Gasteiger partial charge >= 0.3 is 0 Å². The standard InChI is InChI=1S/C18H18N2O/c1-12-8-9-18(21)15(11-12)13(2)20-17-7-3-6-16-14(17)5-4-10-19-16/h3-11,13,20-21H,1-2H3. The Balaban J connectivity index is 1.96. The summed E-state index contributed by atoms with van der Waals surface area (Å²) >= 11 is 0. The summed E-state index contributed by atoms with van der Waals surface area (Å²) in [6.45, 7) is 4.07. The zero-order valence-corrected chi connectivity index (χ0v) is 12.2. The number of phenols is 1. The summed E-state index contributed by atoms with van der Waals surface area (Å²) in [6, 6.07) is 15.7. The number of rotatable bonds is 3. The Bertz CT molecular complexity index is 778. The highest BCUT2D eigenvalue weighted by Gasteiger charge is 2.11. The van der Waals surface area contributed by atoms with Crippen molar-refractivity contribution in [3.63, 3.8) is 0 Å². The van der Waals surface area contributed by atoms with Gasteiger partial charge < -0.3 is 10.4 Å². The van der Waals surface area contributed by atoms with Gasteiger partial charge in [0.25, 0.3) is 0 Å². The van der Waals surface area contributed by atoms with E-state index in [0.717, 1.165) is 27.7 Å². The Morgan fingerprint density at radius 1 is 1.10 bits per heavy atom. The fourth-order valence-electron chi connectivity index (χ4n) is 2.56. The molecule has 0 aliphatic rings. The minimum atomic E-state index is 0.00991. The molecule has 0 fully saturated rings. The zero-order chi connectivity index (χ0) is 14.8. The Labute approximate surface area is 124 Å². The number of benzene rings is 2. The highest BCUT2D eigenvalue weighted by Crippen LogP contribution is 2.30. The topological polar surface area (TPSA) is 45.1 Å². The normalized spacial score (nSPS) is 12.3. The number of aryl methyl sites for hydroxylation is 1. The molecule has 21 heavy (non-hydrogen) atoms. The van der Waals surface area contributed by atoms with E-state index in [1.54, 1.807) is 12.3 Å². The average molecular weight is 278 g/mol. The van der Waals surface area contributed by atoms with Crippen molar-refractivity contribution in [1.29, 1.82) is 0 Å². The van der Waals surface area contributed by atoms with Crippen LogP contribution in [0.3, 0.4) is 0 Å². The molecule has 0 saturated heterocycles. The average Bonchev–Trinajstić information content (AvgIpc) is 2.50. The van der Waals surface area contributed by atoms with Gasteiger partial charge in [-0.15, -0.1) is 0 Å². The number of fused-ring (bicyclic) bond motifs is 1. The van der Waals surface area contributed by atoms with Crippen LogP contribution in [0.2, 0.25) is 0 Å². The van der Waals surface area contributed by atoms with Gasteiger partial charge in [-0.25, -0.2) is 0 Å². The second-order valence-electron chi connectivity index (χ2n) is 5.30. The van der Waals surface area contributed by atoms with Crippen molar-refractivity contribution in [3.05, 3.63) is 65.9 Å². The molecule has 3 nitrogen and oxygen atoms in total. The molecule has 2 N–H and O–H groups in total. The van der Waals surface area contributed by atoms with Gasteiger partial charge in [0.05, 0.1) is 11.6 Å². The first kappa shape index (κ1) is 13.4. The monoisotopic (exact) mass is 278 g/mol. The highest BCUT2D eigenvalue weighted by atomic mass is 16.3. The molecule has 0 bridgehead atoms. The number of pyridine rings is 1. The van der Waals surface area contributed by atoms with E-state index < -0.39 is 0 Å². The van der Waals surface area contributed by atoms with Gasteiger partial charge in [-0.05, 0) is 44.2 Å². The lowest BCUT2D eigenvalue weighted by Gasteiger charge is -2.18. The second-order valence-corrected chi connectivity index (χ2v) is 5.30. The van der Waals surface area contributed by atoms with E-state index in [4.69, 9.17) is 0 Å². The van der Waals surface area contributed by atoms with Gasteiger partial charge in [-0.2, -0.15) is 0 Å². The number of nitrogens with zero attached hydrogens (tertiary/aromatic N) is 1. The van der Waals surface area contributed by atoms with Crippen LogP contribution in [0.5, 0.6) is 5.75 Å². The minimum Gasteiger partial charge on any atom is -0.508 e. The van der Waals surface area contributed by atoms with Crippen LogP contribution in [0, 0.1) is 6.92 Å². The number of anilines is 1. The van der Waals surface area contributed by atoms with Crippen molar-refractivity contribution < 1.29 is 5.11 Å². The van der Waals surface area contributed by atoms with E-state index in [0.29, 0.717) is 5.75 Å². The van der Waals surface area contributed by atoms with Crippen LogP contribution in [-0.2, 0) is 0 Å². The van der Waals surface area contributed by atoms with Crippen LogP contribution in [0.1, 0.15) is 24.1 Å².